The molecule has 0 bridgehead atoms. The van der Waals surface area contributed by atoms with Crippen LogP contribution in [-0.4, -0.2) is 66.8 Å². The van der Waals surface area contributed by atoms with E-state index in [1.165, 1.54) is 13.8 Å². The van der Waals surface area contributed by atoms with Crippen molar-refractivity contribution < 1.29 is 19.1 Å². The molecule has 0 unspecified atom stereocenters. The first kappa shape index (κ1) is 20.2. The van der Waals surface area contributed by atoms with Gasteiger partial charge in [0.1, 0.15) is 24.7 Å². The van der Waals surface area contributed by atoms with Crippen molar-refractivity contribution in [2.75, 3.05) is 34.2 Å². The molecule has 0 N–H and O–H groups in total. The van der Waals surface area contributed by atoms with Crippen molar-refractivity contribution in [2.24, 2.45) is 0 Å². The summed E-state index contributed by atoms with van der Waals surface area (Å²) in [6.07, 6.45) is 0. The van der Waals surface area contributed by atoms with Crippen LogP contribution in [0.15, 0.2) is 0 Å². The van der Waals surface area contributed by atoms with Crippen molar-refractivity contribution in [1.29, 1.82) is 0 Å². The lowest BCUT2D eigenvalue weighted by molar-refractivity contribution is -0.149. The third-order valence-electron chi connectivity index (χ3n) is 3.47. The van der Waals surface area contributed by atoms with Crippen LogP contribution in [0, 0.1) is 0 Å². The second-order valence-corrected chi connectivity index (χ2v) is 6.53. The van der Waals surface area contributed by atoms with Crippen LogP contribution in [0.25, 0.3) is 0 Å². The lowest BCUT2D eigenvalue weighted by Crippen LogP contribution is -2.43. The van der Waals surface area contributed by atoms with Crippen LogP contribution in [0.4, 0.5) is 0 Å². The zero-order valence-corrected chi connectivity index (χ0v) is 14.6. The molecule has 0 heterocycles. The first-order chi connectivity index (χ1) is 9.38. The van der Waals surface area contributed by atoms with Crippen molar-refractivity contribution in [3.8, 4) is 0 Å². The molecule has 124 valence electrons. The molecule has 0 amide bonds. The number of rotatable bonds is 10. The Bertz CT molecular complexity index is 333. The Balaban J connectivity index is 4.14. The van der Waals surface area contributed by atoms with Crippen LogP contribution in [0.1, 0.15) is 41.5 Å². The predicted octanol–water partition coefficient (Wildman–Crippen LogP) is 1.49. The van der Waals surface area contributed by atoms with Gasteiger partial charge in [-0.1, -0.05) is 0 Å². The van der Waals surface area contributed by atoms with Gasteiger partial charge in [-0.15, -0.1) is 0 Å². The van der Waals surface area contributed by atoms with Crippen LogP contribution >= 0.6 is 0 Å². The summed E-state index contributed by atoms with van der Waals surface area (Å²) in [7, 11) is 3.78. The van der Waals surface area contributed by atoms with Crippen molar-refractivity contribution in [3.05, 3.63) is 0 Å². The first-order valence-corrected chi connectivity index (χ1v) is 7.05. The van der Waals surface area contributed by atoms with Crippen LogP contribution in [0.3, 0.4) is 0 Å². The third-order valence-corrected chi connectivity index (χ3v) is 3.47. The van der Waals surface area contributed by atoms with Crippen molar-refractivity contribution in [2.45, 2.75) is 52.7 Å². The van der Waals surface area contributed by atoms with Gasteiger partial charge < -0.3 is 9.47 Å². The summed E-state index contributed by atoms with van der Waals surface area (Å²) in [6, 6.07) is 0. The number of carbonyl (C=O) groups excluding carboxylic acids is 2. The van der Waals surface area contributed by atoms with E-state index in [0.717, 1.165) is 0 Å². The Hall–Kier alpha value is -0.820. The summed E-state index contributed by atoms with van der Waals surface area (Å²) in [5.74, 6) is -0.00779. The topological polar surface area (TPSA) is 59.1 Å². The molecular formula is C15H30N2O4. The summed E-state index contributed by atoms with van der Waals surface area (Å²) in [4.78, 5) is 26.6. The maximum absolute atomic E-state index is 11.4. The highest BCUT2D eigenvalue weighted by Crippen LogP contribution is 2.12. The van der Waals surface area contributed by atoms with Gasteiger partial charge in [-0.3, -0.25) is 19.4 Å². The van der Waals surface area contributed by atoms with E-state index in [4.69, 9.17) is 9.47 Å². The molecule has 0 atom stereocenters. The number of hydrogen-bond acceptors (Lipinski definition) is 6. The molecule has 0 aliphatic rings. The molecule has 0 aliphatic carbocycles. The number of carbonyl (C=O) groups is 2. The fourth-order valence-corrected chi connectivity index (χ4v) is 1.24. The molecule has 0 saturated carbocycles. The quantitative estimate of drug-likeness (QED) is 0.570. The Labute approximate surface area is 128 Å². The van der Waals surface area contributed by atoms with Crippen LogP contribution in [0.5, 0.6) is 0 Å². The maximum Gasteiger partial charge on any atom is 0.161 e. The molecule has 6 nitrogen and oxygen atoms in total. The molecule has 0 aromatic carbocycles. The van der Waals surface area contributed by atoms with Gasteiger partial charge in [0.2, 0.25) is 0 Å². The van der Waals surface area contributed by atoms with E-state index in [2.05, 4.69) is 0 Å². The monoisotopic (exact) mass is 302 g/mol. The van der Waals surface area contributed by atoms with Gasteiger partial charge in [0.25, 0.3) is 0 Å². The number of ether oxygens (including phenoxy) is 2. The lowest BCUT2D eigenvalue weighted by atomic mass is 10.1. The van der Waals surface area contributed by atoms with Crippen LogP contribution in [-0.2, 0) is 19.1 Å². The average Bonchev–Trinajstić information content (AvgIpc) is 2.34. The van der Waals surface area contributed by atoms with Gasteiger partial charge >= 0.3 is 0 Å². The molecule has 0 aromatic rings. The number of nitrogens with zero attached hydrogens (tertiary/aromatic N) is 2. The Kier molecular flexibility index (Phi) is 7.67. The summed E-state index contributed by atoms with van der Waals surface area (Å²) < 4.78 is 11.2. The van der Waals surface area contributed by atoms with Gasteiger partial charge in [0, 0.05) is 0 Å². The van der Waals surface area contributed by atoms with Crippen molar-refractivity contribution >= 4 is 11.6 Å². The average molecular weight is 302 g/mol. The van der Waals surface area contributed by atoms with E-state index >= 15 is 0 Å². The van der Waals surface area contributed by atoms with Crippen LogP contribution in [0.2, 0.25) is 0 Å². The molecule has 0 aromatic heterocycles. The fraction of sp³-hybridized carbons (Fsp3) is 0.867. The van der Waals surface area contributed by atoms with Gasteiger partial charge in [0.05, 0.1) is 6.67 Å². The standard InChI is InChI=1S/C15H30N2O4/c1-12(18)14(3,4)20-10-16(7)9-17(8)11-21-15(5,6)13(2)19/h9-11H2,1-8H3. The van der Waals surface area contributed by atoms with Gasteiger partial charge in [-0.2, -0.15) is 0 Å². The molecule has 0 fully saturated rings. The number of hydrogen-bond donors (Lipinski definition) is 0. The van der Waals surface area contributed by atoms with Gasteiger partial charge in [-0.25, -0.2) is 0 Å². The van der Waals surface area contributed by atoms with Crippen LogP contribution < -0.4 is 0 Å². The van der Waals surface area contributed by atoms with E-state index in [1.807, 2.05) is 23.9 Å². The highest BCUT2D eigenvalue weighted by atomic mass is 16.5. The second-order valence-electron chi connectivity index (χ2n) is 6.53. The largest absolute Gasteiger partial charge is 0.352 e. The molecule has 21 heavy (non-hydrogen) atoms. The summed E-state index contributed by atoms with van der Waals surface area (Å²) >= 11 is 0. The Morgan fingerprint density at radius 2 is 1.10 bits per heavy atom. The molecule has 6 heteroatoms. The molecule has 0 aliphatic heterocycles. The highest BCUT2D eigenvalue weighted by Gasteiger charge is 2.26. The highest BCUT2D eigenvalue weighted by molar-refractivity contribution is 5.84. The predicted molar refractivity (Wildman–Crippen MR) is 81.8 cm³/mol. The minimum absolute atomic E-state index is 0.00389. The minimum atomic E-state index is -0.778. The molecule has 0 spiro atoms. The van der Waals surface area contributed by atoms with Crippen molar-refractivity contribution in [1.82, 2.24) is 9.80 Å². The maximum atomic E-state index is 11.4. The van der Waals surface area contributed by atoms with E-state index < -0.39 is 11.2 Å². The van der Waals surface area contributed by atoms with Crippen molar-refractivity contribution in [3.63, 3.8) is 0 Å². The normalized spacial score (nSPS) is 13.0. The number of ketones is 2. The zero-order chi connectivity index (χ0) is 16.8. The fourth-order valence-electron chi connectivity index (χ4n) is 1.24. The molecule has 0 saturated heterocycles. The number of Topliss-reactive ketones (excluding diaryl/α,β-unsaturated/α-hetero) is 2. The van der Waals surface area contributed by atoms with Gasteiger partial charge in [-0.05, 0) is 55.6 Å². The first-order valence-electron chi connectivity index (χ1n) is 7.05. The minimum Gasteiger partial charge on any atom is -0.352 e. The van der Waals surface area contributed by atoms with E-state index in [9.17, 15) is 9.59 Å². The summed E-state index contributed by atoms with van der Waals surface area (Å²) in [5.41, 5.74) is -1.56. The molecule has 0 radical (unpaired) electrons. The summed E-state index contributed by atoms with van der Waals surface area (Å²) in [5, 5.41) is 0. The zero-order valence-electron chi connectivity index (χ0n) is 14.6. The smallest absolute Gasteiger partial charge is 0.161 e. The van der Waals surface area contributed by atoms with E-state index in [0.29, 0.717) is 20.1 Å². The Morgan fingerprint density at radius 1 is 0.810 bits per heavy atom. The third kappa shape index (κ3) is 7.66. The Morgan fingerprint density at radius 3 is 1.33 bits per heavy atom. The van der Waals surface area contributed by atoms with E-state index in [-0.39, 0.29) is 11.6 Å². The SMILES string of the molecule is CC(=O)C(C)(C)OCN(C)CN(C)COC(C)(C)C(C)=O. The lowest BCUT2D eigenvalue weighted by Gasteiger charge is -2.30. The molecule has 0 rings (SSSR count). The second kappa shape index (κ2) is 7.98. The van der Waals surface area contributed by atoms with Gasteiger partial charge in [0.15, 0.2) is 11.6 Å². The summed E-state index contributed by atoms with van der Waals surface area (Å²) in [6.45, 7) is 11.3. The van der Waals surface area contributed by atoms with E-state index in [1.54, 1.807) is 27.7 Å². The molecular weight excluding hydrogens is 272 g/mol.